The van der Waals surface area contributed by atoms with E-state index in [-0.39, 0.29) is 5.56 Å². The molecule has 0 unspecified atom stereocenters. The lowest BCUT2D eigenvalue weighted by Gasteiger charge is -2.15. The van der Waals surface area contributed by atoms with Crippen LogP contribution in [0, 0.1) is 0 Å². The number of H-pyrrole nitrogens is 1. The van der Waals surface area contributed by atoms with Crippen molar-refractivity contribution in [3.05, 3.63) is 118 Å². The molecule has 0 atom stereocenters. The van der Waals surface area contributed by atoms with Gasteiger partial charge in [0.25, 0.3) is 11.5 Å². The van der Waals surface area contributed by atoms with Gasteiger partial charge in [0.05, 0.1) is 22.9 Å². The number of aryl methyl sites for hydroxylation is 3. The summed E-state index contributed by atoms with van der Waals surface area (Å²) < 4.78 is 1.73. The molecule has 11 nitrogen and oxygen atoms in total. The van der Waals surface area contributed by atoms with Gasteiger partial charge in [-0.2, -0.15) is 0 Å². The van der Waals surface area contributed by atoms with Crippen LogP contribution >= 0.6 is 0 Å². The first-order valence-electron chi connectivity index (χ1n) is 13.5. The number of nitrogen functional groups attached to an aromatic ring is 1. The Labute approximate surface area is 241 Å². The lowest BCUT2D eigenvalue weighted by Crippen LogP contribution is -2.25. The number of hydrogen-bond acceptors (Lipinski definition) is 8. The maximum Gasteiger partial charge on any atom is 0.274 e. The predicted octanol–water partition coefficient (Wildman–Crippen LogP) is 4.18. The number of anilines is 1. The van der Waals surface area contributed by atoms with Crippen LogP contribution in [0.1, 0.15) is 40.7 Å². The topological polar surface area (TPSA) is 165 Å². The van der Waals surface area contributed by atoms with Crippen molar-refractivity contribution in [1.29, 1.82) is 0 Å². The summed E-state index contributed by atoms with van der Waals surface area (Å²) in [4.78, 5) is 44.4. The molecule has 11 heteroatoms. The van der Waals surface area contributed by atoms with E-state index in [0.29, 0.717) is 40.8 Å². The number of aromatic amines is 1. The van der Waals surface area contributed by atoms with Crippen LogP contribution in [0.25, 0.3) is 27.8 Å². The number of para-hydroxylation sites is 1. The molecule has 212 valence electrons. The highest BCUT2D eigenvalue weighted by atomic mass is 16.5. The number of nitrogens with one attached hydrogen (secondary N) is 2. The van der Waals surface area contributed by atoms with E-state index in [4.69, 9.17) is 15.9 Å². The minimum absolute atomic E-state index is 0.0461. The monoisotopic (exact) mass is 562 g/mol. The largest absolute Gasteiger partial charge is 0.382 e. The fourth-order valence-electron chi connectivity index (χ4n) is 4.74. The molecule has 42 heavy (non-hydrogen) atoms. The highest BCUT2D eigenvalue weighted by molar-refractivity contribution is 5.93. The summed E-state index contributed by atoms with van der Waals surface area (Å²) in [5.41, 5.74) is 12.3. The third kappa shape index (κ3) is 6.01. The van der Waals surface area contributed by atoms with E-state index in [1.54, 1.807) is 22.2 Å². The minimum atomic E-state index is -0.541. The van der Waals surface area contributed by atoms with Crippen molar-refractivity contribution in [3.63, 3.8) is 0 Å². The molecule has 6 rings (SSSR count). The molecular formula is C31H30N8O3. The Hall–Kier alpha value is -5.42. The van der Waals surface area contributed by atoms with Gasteiger partial charge in [-0.05, 0) is 60.7 Å². The Morgan fingerprint density at radius 1 is 0.952 bits per heavy atom. The molecule has 0 fully saturated rings. The molecule has 0 saturated carbocycles. The van der Waals surface area contributed by atoms with Gasteiger partial charge in [-0.15, -0.1) is 0 Å². The van der Waals surface area contributed by atoms with Gasteiger partial charge < -0.3 is 10.7 Å². The standard InChI is InChI=1S/C26H25N3O3.C5H5N5/c1-2-7-23-27-22-11-6-8-19(15-12-18-13-16-20(17-14-18)25(30)28-32)24(22)26(31)29(23)21-9-4-3-5-10-21;6-4-3-5(9-1-7-3)10-2-8-4/h3-6,8-11,13-14,16-17,32H,2,7,12,15H2,1H3,(H,28,30);1-2H,(H3,6,7,8,9,10). The maximum absolute atomic E-state index is 13.7. The average Bonchev–Trinajstić information content (AvgIpc) is 3.51. The molecule has 6 aromatic rings. The van der Waals surface area contributed by atoms with Crippen LogP contribution in [0.4, 0.5) is 5.82 Å². The molecule has 5 N–H and O–H groups in total. The van der Waals surface area contributed by atoms with Crippen molar-refractivity contribution in [3.8, 4) is 5.69 Å². The molecule has 3 aromatic heterocycles. The molecule has 3 heterocycles. The summed E-state index contributed by atoms with van der Waals surface area (Å²) in [7, 11) is 0. The highest BCUT2D eigenvalue weighted by Gasteiger charge is 2.15. The fourth-order valence-corrected chi connectivity index (χ4v) is 4.74. The second-order valence-corrected chi connectivity index (χ2v) is 9.56. The van der Waals surface area contributed by atoms with Crippen LogP contribution in [0.5, 0.6) is 0 Å². The van der Waals surface area contributed by atoms with E-state index in [0.717, 1.165) is 41.0 Å². The molecular weight excluding hydrogens is 532 g/mol. The molecule has 0 aliphatic rings. The quantitative estimate of drug-likeness (QED) is 0.166. The zero-order valence-electron chi connectivity index (χ0n) is 23.0. The van der Waals surface area contributed by atoms with Gasteiger partial charge in [0.2, 0.25) is 0 Å². The average molecular weight is 563 g/mol. The third-order valence-corrected chi connectivity index (χ3v) is 6.79. The minimum Gasteiger partial charge on any atom is -0.382 e. The Morgan fingerprint density at radius 2 is 1.74 bits per heavy atom. The van der Waals surface area contributed by atoms with E-state index in [1.165, 1.54) is 12.7 Å². The summed E-state index contributed by atoms with van der Waals surface area (Å²) in [6, 6.07) is 22.5. The van der Waals surface area contributed by atoms with Gasteiger partial charge in [-0.25, -0.2) is 25.4 Å². The lowest BCUT2D eigenvalue weighted by molar-refractivity contribution is 0.0706. The molecule has 3 aromatic carbocycles. The number of carbonyl (C=O) groups is 1. The number of amides is 1. The van der Waals surface area contributed by atoms with Crippen LogP contribution in [-0.4, -0.2) is 40.6 Å². The normalized spacial score (nSPS) is 10.8. The number of rotatable bonds is 7. The van der Waals surface area contributed by atoms with Crippen molar-refractivity contribution in [2.75, 3.05) is 5.73 Å². The van der Waals surface area contributed by atoms with Crippen molar-refractivity contribution in [2.45, 2.75) is 32.6 Å². The maximum atomic E-state index is 13.7. The van der Waals surface area contributed by atoms with Crippen molar-refractivity contribution < 1.29 is 10.0 Å². The van der Waals surface area contributed by atoms with Crippen molar-refractivity contribution in [2.24, 2.45) is 0 Å². The van der Waals surface area contributed by atoms with Crippen LogP contribution in [0.3, 0.4) is 0 Å². The van der Waals surface area contributed by atoms with E-state index in [1.807, 2.05) is 60.7 Å². The molecule has 0 spiro atoms. The van der Waals surface area contributed by atoms with Crippen LogP contribution in [-0.2, 0) is 19.3 Å². The first kappa shape index (κ1) is 28.1. The van der Waals surface area contributed by atoms with Crippen LogP contribution < -0.4 is 16.8 Å². The van der Waals surface area contributed by atoms with E-state index < -0.39 is 5.91 Å². The number of imidazole rings is 1. The number of fused-ring (bicyclic) bond motifs is 2. The summed E-state index contributed by atoms with van der Waals surface area (Å²) in [6.07, 6.45) is 5.92. The van der Waals surface area contributed by atoms with Gasteiger partial charge in [-0.3, -0.25) is 19.4 Å². The number of hydrogen-bond donors (Lipinski definition) is 4. The summed E-state index contributed by atoms with van der Waals surface area (Å²) in [6.45, 7) is 2.08. The Bertz CT molecular complexity index is 1880. The first-order valence-corrected chi connectivity index (χ1v) is 13.5. The van der Waals surface area contributed by atoms with Crippen LogP contribution in [0.2, 0.25) is 0 Å². The Morgan fingerprint density at radius 3 is 2.45 bits per heavy atom. The van der Waals surface area contributed by atoms with Gasteiger partial charge in [0, 0.05) is 12.0 Å². The highest BCUT2D eigenvalue weighted by Crippen LogP contribution is 2.19. The zero-order chi connectivity index (χ0) is 29.5. The van der Waals surface area contributed by atoms with Gasteiger partial charge in [0.15, 0.2) is 11.5 Å². The zero-order valence-corrected chi connectivity index (χ0v) is 23.0. The molecule has 0 aliphatic heterocycles. The number of benzene rings is 3. The number of carbonyl (C=O) groups excluding carboxylic acids is 1. The third-order valence-electron chi connectivity index (χ3n) is 6.79. The number of nitrogens with zero attached hydrogens (tertiary/aromatic N) is 5. The molecule has 0 saturated heterocycles. The second kappa shape index (κ2) is 12.8. The lowest BCUT2D eigenvalue weighted by atomic mass is 10.00. The van der Waals surface area contributed by atoms with E-state index in [2.05, 4.69) is 26.9 Å². The molecule has 0 bridgehead atoms. The second-order valence-electron chi connectivity index (χ2n) is 9.56. The van der Waals surface area contributed by atoms with Gasteiger partial charge in [-0.1, -0.05) is 49.4 Å². The van der Waals surface area contributed by atoms with E-state index >= 15 is 0 Å². The first-order chi connectivity index (χ1) is 20.5. The Kier molecular flexibility index (Phi) is 8.59. The fraction of sp³-hybridized carbons (Fsp3) is 0.161. The molecule has 0 aliphatic carbocycles. The van der Waals surface area contributed by atoms with E-state index in [9.17, 15) is 9.59 Å². The SMILES string of the molecule is CCCc1nc2cccc(CCc3ccc(C(=O)NO)cc3)c2c(=O)n1-c1ccccc1.Nc1ncnc2nc[nH]c12. The molecule has 0 radical (unpaired) electrons. The summed E-state index contributed by atoms with van der Waals surface area (Å²) in [5, 5.41) is 9.40. The van der Waals surface area contributed by atoms with Crippen molar-refractivity contribution in [1.82, 2.24) is 35.0 Å². The number of hydroxylamine groups is 1. The summed E-state index contributed by atoms with van der Waals surface area (Å²) >= 11 is 0. The predicted molar refractivity (Wildman–Crippen MR) is 161 cm³/mol. The Balaban J connectivity index is 0.000000295. The van der Waals surface area contributed by atoms with Crippen molar-refractivity contribution >= 4 is 33.8 Å². The number of nitrogens with two attached hydrogens (primary N) is 1. The summed E-state index contributed by atoms with van der Waals surface area (Å²) in [5.74, 6) is 0.662. The van der Waals surface area contributed by atoms with Gasteiger partial charge in [0.1, 0.15) is 17.7 Å². The molecule has 1 amide bonds. The number of aromatic nitrogens is 6. The van der Waals surface area contributed by atoms with Crippen LogP contribution in [0.15, 0.2) is 90.2 Å². The van der Waals surface area contributed by atoms with Gasteiger partial charge >= 0.3 is 0 Å². The smallest absolute Gasteiger partial charge is 0.274 e.